The standard InChI is InChI=1S/C28H34FN5O4/c1-14-4-9-22(38-12-17-5-6-17)19(10-14)24-26-25(31-13-30-24)23(15(2)32-26)28(37)34-21-8-7-18(11-20(21)29)33-27(36)16(3)35/h4,9-10,13,16-18,20-21,32,35H,5-8,11-12H2,1-3H3,(H,33,36)(H,34,37)/t16-,18-,20+,21-/m0/s1. The van der Waals surface area contributed by atoms with Gasteiger partial charge in [0.05, 0.1) is 23.7 Å². The van der Waals surface area contributed by atoms with Crippen LogP contribution in [0, 0.1) is 19.8 Å². The number of aliphatic hydroxyl groups is 1. The van der Waals surface area contributed by atoms with Gasteiger partial charge < -0.3 is 25.5 Å². The maximum atomic E-state index is 15.0. The normalized spacial score (nSPS) is 22.2. The van der Waals surface area contributed by atoms with E-state index in [1.807, 2.05) is 25.1 Å². The average Bonchev–Trinajstić information content (AvgIpc) is 3.64. The summed E-state index contributed by atoms with van der Waals surface area (Å²) in [6.07, 6.45) is 2.26. The van der Waals surface area contributed by atoms with Gasteiger partial charge in [-0.3, -0.25) is 9.59 Å². The number of fused-ring (bicyclic) bond motifs is 1. The second-order valence-corrected chi connectivity index (χ2v) is 10.6. The van der Waals surface area contributed by atoms with Crippen molar-refractivity contribution in [1.29, 1.82) is 0 Å². The van der Waals surface area contributed by atoms with Crippen LogP contribution in [0.4, 0.5) is 4.39 Å². The molecule has 0 saturated heterocycles. The smallest absolute Gasteiger partial charge is 0.255 e. The molecule has 2 aliphatic carbocycles. The molecular weight excluding hydrogens is 489 g/mol. The van der Waals surface area contributed by atoms with Gasteiger partial charge in [-0.25, -0.2) is 14.4 Å². The zero-order valence-corrected chi connectivity index (χ0v) is 21.9. The molecule has 38 heavy (non-hydrogen) atoms. The Balaban J connectivity index is 1.37. The Kier molecular flexibility index (Phi) is 7.34. The number of halogens is 1. The number of hydrogen-bond donors (Lipinski definition) is 4. The predicted molar refractivity (Wildman–Crippen MR) is 141 cm³/mol. The Hall–Kier alpha value is -3.53. The minimum absolute atomic E-state index is 0.0690. The zero-order valence-electron chi connectivity index (χ0n) is 21.9. The molecule has 2 fully saturated rings. The number of aromatic nitrogens is 3. The van der Waals surface area contributed by atoms with E-state index in [-0.39, 0.29) is 12.5 Å². The number of ether oxygens (including phenoxy) is 1. The highest BCUT2D eigenvalue weighted by atomic mass is 19.1. The van der Waals surface area contributed by atoms with Gasteiger partial charge in [0.2, 0.25) is 5.91 Å². The number of aromatic amines is 1. The van der Waals surface area contributed by atoms with Crippen LogP contribution in [0.3, 0.4) is 0 Å². The fourth-order valence-electron chi connectivity index (χ4n) is 5.02. The van der Waals surface area contributed by atoms with Gasteiger partial charge in [-0.15, -0.1) is 0 Å². The van der Waals surface area contributed by atoms with E-state index in [2.05, 4.69) is 25.6 Å². The van der Waals surface area contributed by atoms with E-state index in [0.29, 0.717) is 53.4 Å². The number of amides is 2. The molecule has 5 rings (SSSR count). The Morgan fingerprint density at radius 1 is 1.18 bits per heavy atom. The highest BCUT2D eigenvalue weighted by Gasteiger charge is 2.34. The van der Waals surface area contributed by atoms with Crippen LogP contribution in [0.2, 0.25) is 0 Å². The number of nitrogens with one attached hydrogen (secondary N) is 3. The third-order valence-electron chi connectivity index (χ3n) is 7.38. The van der Waals surface area contributed by atoms with Gasteiger partial charge in [-0.05, 0) is 64.5 Å². The quantitative estimate of drug-likeness (QED) is 0.358. The molecule has 2 amide bonds. The largest absolute Gasteiger partial charge is 0.493 e. The van der Waals surface area contributed by atoms with Crippen LogP contribution in [0.5, 0.6) is 5.75 Å². The van der Waals surface area contributed by atoms with Gasteiger partial charge in [-0.2, -0.15) is 0 Å². The first-order valence-corrected chi connectivity index (χ1v) is 13.2. The molecule has 2 heterocycles. The molecule has 0 unspecified atom stereocenters. The molecule has 4 N–H and O–H groups in total. The molecule has 202 valence electrons. The van der Waals surface area contributed by atoms with Gasteiger partial charge in [0.1, 0.15) is 35.6 Å². The summed E-state index contributed by atoms with van der Waals surface area (Å²) < 4.78 is 21.1. The number of H-pyrrole nitrogens is 1. The summed E-state index contributed by atoms with van der Waals surface area (Å²) in [7, 11) is 0. The van der Waals surface area contributed by atoms with Crippen LogP contribution in [-0.2, 0) is 4.79 Å². The van der Waals surface area contributed by atoms with Crippen molar-refractivity contribution in [3.05, 3.63) is 41.3 Å². The first-order chi connectivity index (χ1) is 18.2. The van der Waals surface area contributed by atoms with E-state index < -0.39 is 30.1 Å². The molecule has 0 bridgehead atoms. The first-order valence-electron chi connectivity index (χ1n) is 13.2. The van der Waals surface area contributed by atoms with E-state index in [0.717, 1.165) is 16.9 Å². The van der Waals surface area contributed by atoms with Crippen molar-refractivity contribution in [1.82, 2.24) is 25.6 Å². The lowest BCUT2D eigenvalue weighted by Gasteiger charge is -2.32. The number of benzene rings is 1. The maximum absolute atomic E-state index is 15.0. The average molecular weight is 524 g/mol. The molecule has 9 nitrogen and oxygen atoms in total. The monoisotopic (exact) mass is 523 g/mol. The summed E-state index contributed by atoms with van der Waals surface area (Å²) in [4.78, 5) is 37.4. The number of carbonyl (C=O) groups excluding carboxylic acids is 2. The molecule has 0 radical (unpaired) electrons. The highest BCUT2D eigenvalue weighted by molar-refractivity contribution is 6.09. The van der Waals surface area contributed by atoms with E-state index >= 15 is 0 Å². The summed E-state index contributed by atoms with van der Waals surface area (Å²) in [6.45, 7) is 5.82. The van der Waals surface area contributed by atoms with E-state index in [9.17, 15) is 19.1 Å². The molecule has 2 aromatic heterocycles. The number of rotatable bonds is 8. The second kappa shape index (κ2) is 10.7. The van der Waals surface area contributed by atoms with Crippen molar-refractivity contribution in [2.75, 3.05) is 6.61 Å². The lowest BCUT2D eigenvalue weighted by molar-refractivity contribution is -0.129. The Bertz CT molecular complexity index is 1350. The molecule has 1 aromatic carbocycles. The van der Waals surface area contributed by atoms with E-state index in [1.165, 1.54) is 26.1 Å². The SMILES string of the molecule is Cc1ccc(OCC2CC2)c(-c2ncnc3c(C(=O)N[C@H]4CC[C@H](NC(=O)[C@H](C)O)C[C@H]4F)c(C)[nH]c23)c1. The van der Waals surface area contributed by atoms with Crippen molar-refractivity contribution in [3.8, 4) is 17.0 Å². The lowest BCUT2D eigenvalue weighted by Crippen LogP contribution is -2.51. The van der Waals surface area contributed by atoms with Crippen molar-refractivity contribution in [2.45, 2.75) is 77.2 Å². The Morgan fingerprint density at radius 3 is 2.68 bits per heavy atom. The fourth-order valence-corrected chi connectivity index (χ4v) is 5.02. The number of nitrogens with zero attached hydrogens (tertiary/aromatic N) is 2. The van der Waals surface area contributed by atoms with Crippen molar-refractivity contribution >= 4 is 22.8 Å². The van der Waals surface area contributed by atoms with Gasteiger partial charge in [0.25, 0.3) is 5.91 Å². The number of alkyl halides is 1. The third-order valence-corrected chi connectivity index (χ3v) is 7.38. The summed E-state index contributed by atoms with van der Waals surface area (Å²) in [5, 5.41) is 14.9. The van der Waals surface area contributed by atoms with Crippen LogP contribution in [0.1, 0.15) is 60.6 Å². The van der Waals surface area contributed by atoms with E-state index in [1.54, 1.807) is 6.92 Å². The highest BCUT2D eigenvalue weighted by Crippen LogP contribution is 2.37. The van der Waals surface area contributed by atoms with Crippen LogP contribution in [0.15, 0.2) is 24.5 Å². The van der Waals surface area contributed by atoms with Crippen molar-refractivity contribution in [3.63, 3.8) is 0 Å². The number of aryl methyl sites for hydroxylation is 2. The summed E-state index contributed by atoms with van der Waals surface area (Å²) in [6, 6.07) is 4.90. The van der Waals surface area contributed by atoms with E-state index in [4.69, 9.17) is 4.74 Å². The summed E-state index contributed by atoms with van der Waals surface area (Å²) in [5.74, 6) is 0.401. The van der Waals surface area contributed by atoms with Crippen molar-refractivity contribution in [2.24, 2.45) is 5.92 Å². The van der Waals surface area contributed by atoms with Crippen LogP contribution in [0.25, 0.3) is 22.3 Å². The molecule has 0 spiro atoms. The van der Waals surface area contributed by atoms with Crippen molar-refractivity contribution < 1.29 is 23.8 Å². The lowest BCUT2D eigenvalue weighted by atomic mass is 9.89. The number of carbonyl (C=O) groups is 2. The molecular formula is C28H34FN5O4. The number of hydrogen-bond acceptors (Lipinski definition) is 6. The fraction of sp³-hybridized carbons (Fsp3) is 0.500. The summed E-state index contributed by atoms with van der Waals surface area (Å²) >= 11 is 0. The first kappa shape index (κ1) is 26.1. The van der Waals surface area contributed by atoms with Gasteiger partial charge in [0.15, 0.2) is 0 Å². The van der Waals surface area contributed by atoms with Crippen LogP contribution < -0.4 is 15.4 Å². The molecule has 10 heteroatoms. The van der Waals surface area contributed by atoms with Gasteiger partial charge in [0, 0.05) is 23.7 Å². The Labute approximate surface area is 220 Å². The second-order valence-electron chi connectivity index (χ2n) is 10.6. The number of aliphatic hydroxyl groups excluding tert-OH is 1. The molecule has 0 aliphatic heterocycles. The van der Waals surface area contributed by atoms with Crippen LogP contribution >= 0.6 is 0 Å². The molecule has 2 aliphatic rings. The maximum Gasteiger partial charge on any atom is 0.255 e. The summed E-state index contributed by atoms with van der Waals surface area (Å²) in [5.41, 5.74) is 4.58. The van der Waals surface area contributed by atoms with Gasteiger partial charge >= 0.3 is 0 Å². The minimum Gasteiger partial charge on any atom is -0.493 e. The molecule has 4 atom stereocenters. The van der Waals surface area contributed by atoms with Gasteiger partial charge in [-0.1, -0.05) is 11.6 Å². The molecule has 2 saturated carbocycles. The minimum atomic E-state index is -1.33. The zero-order chi connectivity index (χ0) is 27.0. The molecule has 3 aromatic rings. The predicted octanol–water partition coefficient (Wildman–Crippen LogP) is 3.52. The Morgan fingerprint density at radius 2 is 1.97 bits per heavy atom. The van der Waals surface area contributed by atoms with Crippen LogP contribution in [-0.4, -0.2) is 62.8 Å². The third kappa shape index (κ3) is 5.50. The topological polar surface area (TPSA) is 129 Å².